The summed E-state index contributed by atoms with van der Waals surface area (Å²) in [5.41, 5.74) is 0.653. The standard InChI is InChI=1S/C16H25N3O3/c1-15(2,3)22-14(20)17-12-7-11(21-6)13(19-18-12)10-8-16(4,5)9-10/h7,10H,8-9H2,1-6H3,(H,17,18,20). The minimum absolute atomic E-state index is 0.327. The van der Waals surface area contributed by atoms with Gasteiger partial charge in [0.1, 0.15) is 17.0 Å². The third-order valence-electron chi connectivity index (χ3n) is 3.62. The predicted molar refractivity (Wildman–Crippen MR) is 84.2 cm³/mol. The van der Waals surface area contributed by atoms with Crippen LogP contribution in [0.4, 0.5) is 10.6 Å². The Balaban J connectivity index is 2.08. The second-order valence-electron chi connectivity index (χ2n) is 7.58. The summed E-state index contributed by atoms with van der Waals surface area (Å²) in [6, 6.07) is 1.69. The lowest BCUT2D eigenvalue weighted by molar-refractivity contribution is 0.0635. The average Bonchev–Trinajstić information content (AvgIpc) is 2.33. The van der Waals surface area contributed by atoms with Gasteiger partial charge in [-0.3, -0.25) is 5.32 Å². The highest BCUT2D eigenvalue weighted by molar-refractivity contribution is 5.83. The van der Waals surface area contributed by atoms with Gasteiger partial charge in [0, 0.05) is 12.0 Å². The number of nitrogens with one attached hydrogen (secondary N) is 1. The summed E-state index contributed by atoms with van der Waals surface area (Å²) in [6.07, 6.45) is 1.58. The first-order valence-corrected chi connectivity index (χ1v) is 7.51. The van der Waals surface area contributed by atoms with Crippen molar-refractivity contribution in [2.24, 2.45) is 5.41 Å². The van der Waals surface area contributed by atoms with Crippen molar-refractivity contribution in [1.29, 1.82) is 0 Å². The maximum Gasteiger partial charge on any atom is 0.413 e. The zero-order chi connectivity index (χ0) is 16.5. The highest BCUT2D eigenvalue weighted by Crippen LogP contribution is 2.51. The number of nitrogens with zero attached hydrogens (tertiary/aromatic N) is 2. The normalized spacial score (nSPS) is 17.5. The molecule has 0 aliphatic heterocycles. The van der Waals surface area contributed by atoms with Crippen molar-refractivity contribution in [3.63, 3.8) is 0 Å². The fourth-order valence-electron chi connectivity index (χ4n) is 2.77. The number of ether oxygens (including phenoxy) is 2. The van der Waals surface area contributed by atoms with Crippen LogP contribution in [-0.4, -0.2) is 29.0 Å². The first kappa shape index (κ1) is 16.5. The van der Waals surface area contributed by atoms with E-state index in [1.807, 2.05) is 0 Å². The molecule has 1 fully saturated rings. The van der Waals surface area contributed by atoms with Gasteiger partial charge in [-0.2, -0.15) is 0 Å². The third kappa shape index (κ3) is 4.08. The van der Waals surface area contributed by atoms with Gasteiger partial charge >= 0.3 is 6.09 Å². The van der Waals surface area contributed by atoms with Crippen LogP contribution < -0.4 is 10.1 Å². The first-order chi connectivity index (χ1) is 10.1. The van der Waals surface area contributed by atoms with E-state index in [1.54, 1.807) is 33.9 Å². The number of anilines is 1. The molecule has 0 radical (unpaired) electrons. The summed E-state index contributed by atoms with van der Waals surface area (Å²) in [5.74, 6) is 1.35. The Morgan fingerprint density at radius 2 is 1.95 bits per heavy atom. The summed E-state index contributed by atoms with van der Waals surface area (Å²) < 4.78 is 10.6. The Kier molecular flexibility index (Phi) is 4.31. The summed E-state index contributed by atoms with van der Waals surface area (Å²) in [7, 11) is 1.60. The van der Waals surface area contributed by atoms with Crippen molar-refractivity contribution in [2.75, 3.05) is 12.4 Å². The van der Waals surface area contributed by atoms with Crippen LogP contribution in [0.2, 0.25) is 0 Å². The van der Waals surface area contributed by atoms with E-state index in [9.17, 15) is 4.79 Å². The second kappa shape index (κ2) is 5.74. The molecule has 0 saturated heterocycles. The van der Waals surface area contributed by atoms with Gasteiger partial charge < -0.3 is 9.47 Å². The number of amides is 1. The van der Waals surface area contributed by atoms with Gasteiger partial charge in [-0.1, -0.05) is 13.8 Å². The zero-order valence-corrected chi connectivity index (χ0v) is 14.2. The molecule has 0 atom stereocenters. The molecular weight excluding hydrogens is 282 g/mol. The van der Waals surface area contributed by atoms with E-state index >= 15 is 0 Å². The monoisotopic (exact) mass is 307 g/mol. The number of methoxy groups -OCH3 is 1. The van der Waals surface area contributed by atoms with Gasteiger partial charge in [0.25, 0.3) is 0 Å². The molecule has 1 N–H and O–H groups in total. The number of carbonyl (C=O) groups is 1. The van der Waals surface area contributed by atoms with E-state index in [4.69, 9.17) is 9.47 Å². The Hall–Kier alpha value is -1.85. The number of rotatable bonds is 3. The molecule has 6 heteroatoms. The molecule has 2 rings (SSSR count). The van der Waals surface area contributed by atoms with Crippen LogP contribution in [0.5, 0.6) is 5.75 Å². The number of carbonyl (C=O) groups excluding carboxylic acids is 1. The van der Waals surface area contributed by atoms with Crippen molar-refractivity contribution in [3.05, 3.63) is 11.8 Å². The highest BCUT2D eigenvalue weighted by atomic mass is 16.6. The largest absolute Gasteiger partial charge is 0.495 e. The molecule has 0 unspecified atom stereocenters. The van der Waals surface area contributed by atoms with E-state index in [2.05, 4.69) is 29.4 Å². The van der Waals surface area contributed by atoms with E-state index in [0.29, 0.717) is 22.9 Å². The molecule has 122 valence electrons. The molecule has 1 aromatic heterocycles. The molecule has 1 aliphatic carbocycles. The van der Waals surface area contributed by atoms with Crippen molar-refractivity contribution < 1.29 is 14.3 Å². The number of hydrogen-bond donors (Lipinski definition) is 1. The number of aromatic nitrogens is 2. The van der Waals surface area contributed by atoms with E-state index in [1.165, 1.54) is 0 Å². The fraction of sp³-hybridized carbons (Fsp3) is 0.688. The van der Waals surface area contributed by atoms with E-state index < -0.39 is 11.7 Å². The fourth-order valence-corrected chi connectivity index (χ4v) is 2.77. The maximum atomic E-state index is 11.8. The lowest BCUT2D eigenvalue weighted by Gasteiger charge is -2.42. The quantitative estimate of drug-likeness (QED) is 0.921. The molecule has 1 aliphatic rings. The van der Waals surface area contributed by atoms with Gasteiger partial charge in [-0.05, 0) is 39.0 Å². The first-order valence-electron chi connectivity index (χ1n) is 7.51. The molecule has 1 aromatic rings. The van der Waals surface area contributed by atoms with Crippen molar-refractivity contribution >= 4 is 11.9 Å². The Morgan fingerprint density at radius 1 is 1.32 bits per heavy atom. The van der Waals surface area contributed by atoms with Gasteiger partial charge in [-0.25, -0.2) is 4.79 Å². The smallest absolute Gasteiger partial charge is 0.413 e. The SMILES string of the molecule is COc1cc(NC(=O)OC(C)(C)C)nnc1C1CC(C)(C)C1. The Bertz CT molecular complexity index is 556. The van der Waals surface area contributed by atoms with Gasteiger partial charge in [0.05, 0.1) is 7.11 Å². The van der Waals surface area contributed by atoms with Crippen molar-refractivity contribution in [2.45, 2.75) is 59.0 Å². The Morgan fingerprint density at radius 3 is 2.45 bits per heavy atom. The van der Waals surface area contributed by atoms with Crippen LogP contribution >= 0.6 is 0 Å². The highest BCUT2D eigenvalue weighted by Gasteiger charge is 2.39. The molecular formula is C16H25N3O3. The average molecular weight is 307 g/mol. The molecule has 0 bridgehead atoms. The van der Waals surface area contributed by atoms with Crippen LogP contribution in [0.15, 0.2) is 6.07 Å². The lowest BCUT2D eigenvalue weighted by atomic mass is 9.63. The maximum absolute atomic E-state index is 11.8. The number of hydrogen-bond acceptors (Lipinski definition) is 5. The molecule has 22 heavy (non-hydrogen) atoms. The van der Waals surface area contributed by atoms with Crippen LogP contribution in [0.25, 0.3) is 0 Å². The summed E-state index contributed by atoms with van der Waals surface area (Å²) in [6.45, 7) is 9.89. The van der Waals surface area contributed by atoms with Gasteiger partial charge in [-0.15, -0.1) is 10.2 Å². The van der Waals surface area contributed by atoms with Gasteiger partial charge in [0.2, 0.25) is 0 Å². The summed E-state index contributed by atoms with van der Waals surface area (Å²) in [4.78, 5) is 11.8. The van der Waals surface area contributed by atoms with E-state index in [-0.39, 0.29) is 0 Å². The molecule has 1 heterocycles. The second-order valence-corrected chi connectivity index (χ2v) is 7.58. The zero-order valence-electron chi connectivity index (χ0n) is 14.2. The van der Waals surface area contributed by atoms with E-state index in [0.717, 1.165) is 18.5 Å². The third-order valence-corrected chi connectivity index (χ3v) is 3.62. The molecule has 0 aromatic carbocycles. The molecule has 6 nitrogen and oxygen atoms in total. The van der Waals surface area contributed by atoms with Crippen LogP contribution in [-0.2, 0) is 4.74 Å². The molecule has 1 amide bonds. The summed E-state index contributed by atoms with van der Waals surface area (Å²) >= 11 is 0. The lowest BCUT2D eigenvalue weighted by Crippen LogP contribution is -2.31. The molecule has 0 spiro atoms. The van der Waals surface area contributed by atoms with Crippen LogP contribution in [0.1, 0.15) is 59.1 Å². The van der Waals surface area contributed by atoms with Crippen LogP contribution in [0.3, 0.4) is 0 Å². The summed E-state index contributed by atoms with van der Waals surface area (Å²) in [5, 5.41) is 10.9. The Labute approximate surface area is 131 Å². The minimum atomic E-state index is -0.556. The minimum Gasteiger partial charge on any atom is -0.495 e. The van der Waals surface area contributed by atoms with Crippen LogP contribution in [0, 0.1) is 5.41 Å². The van der Waals surface area contributed by atoms with Crippen molar-refractivity contribution in [1.82, 2.24) is 10.2 Å². The molecule has 1 saturated carbocycles. The van der Waals surface area contributed by atoms with Gasteiger partial charge in [0.15, 0.2) is 5.82 Å². The van der Waals surface area contributed by atoms with Crippen molar-refractivity contribution in [3.8, 4) is 5.75 Å². The topological polar surface area (TPSA) is 73.3 Å². The predicted octanol–water partition coefficient (Wildman–Crippen LogP) is 3.74.